The van der Waals surface area contributed by atoms with E-state index < -0.39 is 34.2 Å². The maximum Gasteiger partial charge on any atom is 0.337 e. The van der Waals surface area contributed by atoms with E-state index in [4.69, 9.17) is 18.5 Å². The van der Waals surface area contributed by atoms with Crippen LogP contribution >= 0.6 is 0 Å². The third-order valence-electron chi connectivity index (χ3n) is 11.2. The zero-order valence-corrected chi connectivity index (χ0v) is 33.9. The van der Waals surface area contributed by atoms with Crippen molar-refractivity contribution in [3.05, 3.63) is 64.8 Å². The summed E-state index contributed by atoms with van der Waals surface area (Å²) in [4.78, 5) is 86.5. The number of rotatable bonds is 13. The summed E-state index contributed by atoms with van der Waals surface area (Å²) in [5, 5.41) is 8.62. The first-order valence-corrected chi connectivity index (χ1v) is 20.5. The van der Waals surface area contributed by atoms with Crippen molar-refractivity contribution in [1.29, 1.82) is 0 Å². The lowest BCUT2D eigenvalue weighted by atomic mass is 9.84. The molecule has 2 bridgehead atoms. The van der Waals surface area contributed by atoms with Crippen LogP contribution in [0.4, 0.5) is 8.78 Å². The summed E-state index contributed by atoms with van der Waals surface area (Å²) < 4.78 is 37.0. The third-order valence-corrected chi connectivity index (χ3v) is 11.2. The minimum Gasteiger partial charge on any atom is -0.403 e. The fraction of sp³-hybridized carbons (Fsp3) is 0.585. The molecule has 2 aliphatic heterocycles. The second kappa shape index (κ2) is 19.0. The monoisotopic (exact) mass is 823 g/mol. The molecule has 1 aliphatic carbocycles. The number of amides is 1. The number of halogens is 2. The number of unbranched alkanes of at least 4 members (excludes halogenated alkanes) is 4. The van der Waals surface area contributed by atoms with Gasteiger partial charge in [-0.2, -0.15) is 9.97 Å². The lowest BCUT2D eigenvalue weighted by Crippen LogP contribution is -2.45. The van der Waals surface area contributed by atoms with Gasteiger partial charge in [0.2, 0.25) is 23.3 Å². The predicted octanol–water partition coefficient (Wildman–Crippen LogP) is 6.71. The molecule has 2 unspecified atom stereocenters. The Kier molecular flexibility index (Phi) is 13.9. The molecule has 318 valence electrons. The van der Waals surface area contributed by atoms with Crippen LogP contribution in [0.15, 0.2) is 50.5 Å². The standard InChI is InChI=1S/C21H26N4O5.C20H25F2N3O4/c1-3-4-5-6-13-9-17(27)29-20-18(13)19(28)22-21(23-20)30-24-14-10-15-7-8-16(11-14)25(15)12(2)26;1-3-4-5-6-12-11-15(26)28-18-16(12)17(27)23-19(24-18)29-25-14-9-7-13(8-10-14)20(2,21)22/h9,15-16H,3-8,10-11H2,1-2H3,(H,22,23,28);11,13H,3-10H2,1-2H3,(H,23,24,27). The Morgan fingerprint density at radius 2 is 1.24 bits per heavy atom. The maximum atomic E-state index is 13.4. The number of oxime groups is 2. The van der Waals surface area contributed by atoms with Crippen molar-refractivity contribution in [2.75, 3.05) is 0 Å². The number of hydrogen-bond donors (Lipinski definition) is 2. The van der Waals surface area contributed by atoms with Gasteiger partial charge in [0.05, 0.1) is 11.4 Å². The molecule has 2 N–H and O–H groups in total. The van der Waals surface area contributed by atoms with Gasteiger partial charge in [-0.15, -0.1) is 0 Å². The second-order valence-corrected chi connectivity index (χ2v) is 15.6. The number of alkyl halides is 2. The molecule has 3 aliphatic rings. The summed E-state index contributed by atoms with van der Waals surface area (Å²) in [5.41, 5.74) is 0.518. The van der Waals surface area contributed by atoms with Gasteiger partial charge in [-0.3, -0.25) is 24.4 Å². The Hall–Kier alpha value is -5.55. The number of carbonyl (C=O) groups excluding carboxylic acids is 1. The summed E-state index contributed by atoms with van der Waals surface area (Å²) in [6.45, 7) is 6.69. The van der Waals surface area contributed by atoms with Crippen LogP contribution in [0.25, 0.3) is 22.2 Å². The van der Waals surface area contributed by atoms with E-state index in [0.717, 1.165) is 64.0 Å². The number of nitrogens with one attached hydrogen (secondary N) is 2. The predicted molar refractivity (Wildman–Crippen MR) is 216 cm³/mol. The largest absolute Gasteiger partial charge is 0.403 e. The Balaban J connectivity index is 0.000000199. The average Bonchev–Trinajstić information content (AvgIpc) is 3.46. The van der Waals surface area contributed by atoms with Gasteiger partial charge in [-0.05, 0) is 82.3 Å². The van der Waals surface area contributed by atoms with Crippen LogP contribution in [-0.2, 0) is 17.6 Å². The molecule has 3 fully saturated rings. The molecule has 16 nitrogen and oxygen atoms in total. The molecule has 4 aromatic rings. The molecule has 0 spiro atoms. The smallest absolute Gasteiger partial charge is 0.337 e. The molecule has 6 heterocycles. The molecular formula is C41H51F2N7O9. The Bertz CT molecular complexity index is 2420. The van der Waals surface area contributed by atoms with E-state index in [1.807, 2.05) is 4.90 Å². The molecule has 1 amide bonds. The van der Waals surface area contributed by atoms with Crippen LogP contribution in [0.1, 0.15) is 129 Å². The van der Waals surface area contributed by atoms with Crippen LogP contribution < -0.4 is 32.0 Å². The Labute approximate surface area is 337 Å². The zero-order chi connectivity index (χ0) is 42.3. The van der Waals surface area contributed by atoms with Crippen molar-refractivity contribution in [3.63, 3.8) is 0 Å². The highest BCUT2D eigenvalue weighted by atomic mass is 19.3. The van der Waals surface area contributed by atoms with Gasteiger partial charge in [0, 0.05) is 49.9 Å². The minimum absolute atomic E-state index is 0.0422. The van der Waals surface area contributed by atoms with E-state index in [1.54, 1.807) is 6.92 Å². The number of piperidine rings is 1. The highest BCUT2D eigenvalue weighted by molar-refractivity contribution is 5.89. The number of aromatic nitrogens is 4. The van der Waals surface area contributed by atoms with Gasteiger partial charge >= 0.3 is 23.3 Å². The minimum atomic E-state index is -2.70. The molecule has 59 heavy (non-hydrogen) atoms. The topological polar surface area (TPSA) is 215 Å². The molecule has 0 radical (unpaired) electrons. The molecule has 7 rings (SSSR count). The number of carbonyl (C=O) groups is 1. The van der Waals surface area contributed by atoms with Crippen molar-refractivity contribution in [1.82, 2.24) is 24.8 Å². The first-order valence-electron chi connectivity index (χ1n) is 20.5. The van der Waals surface area contributed by atoms with Crippen LogP contribution in [0, 0.1) is 5.92 Å². The van der Waals surface area contributed by atoms with Crippen LogP contribution in [0.5, 0.6) is 12.0 Å². The van der Waals surface area contributed by atoms with Crippen molar-refractivity contribution >= 4 is 39.5 Å². The zero-order valence-electron chi connectivity index (χ0n) is 33.9. The lowest BCUT2D eigenvalue weighted by molar-refractivity contribution is -0.131. The van der Waals surface area contributed by atoms with Crippen LogP contribution in [0.2, 0.25) is 0 Å². The van der Waals surface area contributed by atoms with Gasteiger partial charge in [0.1, 0.15) is 10.8 Å². The van der Waals surface area contributed by atoms with Crippen LogP contribution in [-0.4, -0.2) is 60.2 Å². The molecule has 2 saturated heterocycles. The fourth-order valence-corrected chi connectivity index (χ4v) is 8.21. The van der Waals surface area contributed by atoms with Crippen molar-refractivity contribution in [3.8, 4) is 12.0 Å². The van der Waals surface area contributed by atoms with Crippen molar-refractivity contribution < 1.29 is 32.1 Å². The molecule has 2 atom stereocenters. The normalized spacial score (nSPS) is 19.1. The average molecular weight is 824 g/mol. The highest BCUT2D eigenvalue weighted by Crippen LogP contribution is 2.36. The van der Waals surface area contributed by atoms with Gasteiger partial charge in [0.15, 0.2) is 0 Å². The fourth-order valence-electron chi connectivity index (χ4n) is 8.21. The first kappa shape index (κ1) is 43.0. The lowest BCUT2D eigenvalue weighted by Gasteiger charge is -2.34. The second-order valence-electron chi connectivity index (χ2n) is 15.6. The van der Waals surface area contributed by atoms with E-state index in [0.29, 0.717) is 68.2 Å². The van der Waals surface area contributed by atoms with E-state index >= 15 is 0 Å². The summed E-state index contributed by atoms with van der Waals surface area (Å²) in [6, 6.07) is 2.65. The molecule has 4 aromatic heterocycles. The number of hydrogen-bond acceptors (Lipinski definition) is 13. The SMILES string of the molecule is CCCCCc1cc(=O)oc2nc(ON=C3CC4CCC(C3)N4C(C)=O)[nH]c(=O)c12.CCCCCc1cc(=O)oc2nc(ON=C3CCC(C(C)(F)F)CC3)[nH]c(=O)c12. The van der Waals surface area contributed by atoms with Gasteiger partial charge < -0.3 is 23.4 Å². The quantitative estimate of drug-likeness (QED) is 0.107. The Morgan fingerprint density at radius 3 is 1.66 bits per heavy atom. The Morgan fingerprint density at radius 1 is 0.780 bits per heavy atom. The molecule has 18 heteroatoms. The first-order chi connectivity index (χ1) is 28.2. The maximum absolute atomic E-state index is 13.4. The van der Waals surface area contributed by atoms with Gasteiger partial charge in [-0.25, -0.2) is 18.4 Å². The van der Waals surface area contributed by atoms with E-state index in [-0.39, 0.29) is 52.2 Å². The molecule has 0 aromatic carbocycles. The summed E-state index contributed by atoms with van der Waals surface area (Å²) in [6.07, 6.45) is 11.6. The molecule has 1 saturated carbocycles. The van der Waals surface area contributed by atoms with E-state index in [1.165, 1.54) is 12.1 Å². The number of nitrogens with zero attached hydrogens (tertiary/aromatic N) is 5. The van der Waals surface area contributed by atoms with Crippen LogP contribution in [0.3, 0.4) is 0 Å². The highest BCUT2D eigenvalue weighted by Gasteiger charge is 2.41. The van der Waals surface area contributed by atoms with E-state index in [2.05, 4.69) is 44.1 Å². The van der Waals surface area contributed by atoms with Crippen molar-refractivity contribution in [2.24, 2.45) is 16.2 Å². The van der Waals surface area contributed by atoms with E-state index in [9.17, 15) is 32.8 Å². The molecular weight excluding hydrogens is 772 g/mol. The summed E-state index contributed by atoms with van der Waals surface area (Å²) >= 11 is 0. The number of aromatic amines is 2. The van der Waals surface area contributed by atoms with Crippen molar-refractivity contribution in [2.45, 2.75) is 148 Å². The van der Waals surface area contributed by atoms with Gasteiger partial charge in [-0.1, -0.05) is 49.8 Å². The number of aryl methyl sites for hydroxylation is 2. The number of H-pyrrole nitrogens is 2. The summed E-state index contributed by atoms with van der Waals surface area (Å²) in [7, 11) is 0. The van der Waals surface area contributed by atoms with Gasteiger partial charge in [0.25, 0.3) is 11.1 Å². The third kappa shape index (κ3) is 10.7. The number of fused-ring (bicyclic) bond motifs is 4. The summed E-state index contributed by atoms with van der Waals surface area (Å²) in [5.74, 6) is -3.28.